The van der Waals surface area contributed by atoms with E-state index in [2.05, 4.69) is 15.7 Å². The van der Waals surface area contributed by atoms with Gasteiger partial charge in [-0.05, 0) is 26.0 Å². The molecule has 2 heterocycles. The molecule has 0 aliphatic rings. The quantitative estimate of drug-likeness (QED) is 0.778. The van der Waals surface area contributed by atoms with E-state index in [1.165, 1.54) is 0 Å². The fourth-order valence-electron chi connectivity index (χ4n) is 2.56. The number of carbonyl (C=O) groups is 1. The van der Waals surface area contributed by atoms with E-state index in [0.29, 0.717) is 6.54 Å². The molecule has 0 aliphatic carbocycles. The molecule has 0 saturated heterocycles. The van der Waals surface area contributed by atoms with Gasteiger partial charge in [0.2, 0.25) is 0 Å². The predicted molar refractivity (Wildman–Crippen MR) is 87.9 cm³/mol. The molecule has 23 heavy (non-hydrogen) atoms. The Balaban J connectivity index is 1.58. The van der Waals surface area contributed by atoms with Crippen molar-refractivity contribution in [3.05, 3.63) is 53.5 Å². The number of nitrogens with zero attached hydrogens (tertiary/aromatic N) is 2. The molecule has 2 amide bonds. The first-order chi connectivity index (χ1) is 11.0. The summed E-state index contributed by atoms with van der Waals surface area (Å²) in [5.74, 6) is 0.728. The number of fused-ring (bicyclic) bond motifs is 1. The zero-order valence-corrected chi connectivity index (χ0v) is 13.5. The van der Waals surface area contributed by atoms with Crippen molar-refractivity contribution in [1.29, 1.82) is 0 Å². The first kappa shape index (κ1) is 15.1. The fraction of sp³-hybridized carbons (Fsp3) is 0.294. The predicted octanol–water partition coefficient (Wildman–Crippen LogP) is 3.04. The van der Waals surface area contributed by atoms with E-state index >= 15 is 0 Å². The van der Waals surface area contributed by atoms with Crippen molar-refractivity contribution >= 4 is 17.0 Å². The molecule has 0 spiro atoms. The van der Waals surface area contributed by atoms with Crippen LogP contribution in [0.3, 0.4) is 0 Å². The molecule has 3 rings (SSSR count). The Labute approximate surface area is 134 Å². The highest BCUT2D eigenvalue weighted by molar-refractivity contribution is 5.78. The zero-order chi connectivity index (χ0) is 16.4. The van der Waals surface area contributed by atoms with Crippen LogP contribution in [0.1, 0.15) is 30.0 Å². The van der Waals surface area contributed by atoms with Crippen LogP contribution in [0.15, 0.2) is 40.9 Å². The number of hydrogen-bond donors (Lipinski definition) is 2. The van der Waals surface area contributed by atoms with Gasteiger partial charge in [-0.25, -0.2) is 4.79 Å². The summed E-state index contributed by atoms with van der Waals surface area (Å²) in [6.07, 6.45) is 1.78. The Bertz CT molecular complexity index is 801. The topological polar surface area (TPSA) is 72.1 Å². The maximum absolute atomic E-state index is 12.0. The van der Waals surface area contributed by atoms with Gasteiger partial charge in [-0.1, -0.05) is 18.2 Å². The van der Waals surface area contributed by atoms with E-state index in [9.17, 15) is 4.79 Å². The summed E-state index contributed by atoms with van der Waals surface area (Å²) in [5.41, 5.74) is 2.87. The minimum atomic E-state index is -0.235. The molecule has 2 aromatic heterocycles. The van der Waals surface area contributed by atoms with Gasteiger partial charge in [0.25, 0.3) is 0 Å². The number of furan rings is 1. The highest BCUT2D eigenvalue weighted by atomic mass is 16.3. The molecule has 3 aromatic rings. The van der Waals surface area contributed by atoms with Crippen molar-refractivity contribution in [2.24, 2.45) is 7.05 Å². The summed E-state index contributed by atoms with van der Waals surface area (Å²) in [7, 11) is 1.88. The van der Waals surface area contributed by atoms with Crippen LogP contribution in [-0.4, -0.2) is 15.8 Å². The zero-order valence-electron chi connectivity index (χ0n) is 13.5. The van der Waals surface area contributed by atoms with Gasteiger partial charge in [0.1, 0.15) is 11.3 Å². The van der Waals surface area contributed by atoms with Crippen LogP contribution in [0.25, 0.3) is 11.0 Å². The van der Waals surface area contributed by atoms with Crippen LogP contribution in [0.2, 0.25) is 0 Å². The van der Waals surface area contributed by atoms with Crippen LogP contribution in [-0.2, 0) is 13.6 Å². The summed E-state index contributed by atoms with van der Waals surface area (Å²) in [6.45, 7) is 4.26. The Hall–Kier alpha value is -2.76. The summed E-state index contributed by atoms with van der Waals surface area (Å²) in [5, 5.41) is 10.9. The maximum Gasteiger partial charge on any atom is 0.315 e. The Morgan fingerprint density at radius 2 is 2.17 bits per heavy atom. The van der Waals surface area contributed by atoms with E-state index in [1.807, 2.05) is 51.2 Å². The lowest BCUT2D eigenvalue weighted by atomic mass is 10.1. The van der Waals surface area contributed by atoms with E-state index in [1.54, 1.807) is 10.9 Å². The van der Waals surface area contributed by atoms with Gasteiger partial charge in [-0.2, -0.15) is 5.10 Å². The number of nitrogens with one attached hydrogen (secondary N) is 2. The number of para-hydroxylation sites is 1. The molecule has 2 N–H and O–H groups in total. The molecule has 6 nitrogen and oxygen atoms in total. The minimum absolute atomic E-state index is 0.112. The van der Waals surface area contributed by atoms with E-state index < -0.39 is 0 Å². The molecule has 1 aromatic carbocycles. The van der Waals surface area contributed by atoms with E-state index in [0.717, 1.165) is 28.0 Å². The molecular weight excluding hydrogens is 292 g/mol. The number of benzene rings is 1. The van der Waals surface area contributed by atoms with Crippen molar-refractivity contribution in [1.82, 2.24) is 20.4 Å². The second-order valence-corrected chi connectivity index (χ2v) is 5.61. The van der Waals surface area contributed by atoms with Crippen molar-refractivity contribution in [3.63, 3.8) is 0 Å². The molecule has 120 valence electrons. The Morgan fingerprint density at radius 1 is 1.39 bits per heavy atom. The lowest BCUT2D eigenvalue weighted by molar-refractivity contribution is 0.236. The molecule has 1 atom stereocenters. The SMILES string of the molecule is Cc1c(C(C)NC(=O)NCc2cc3ccccc3o2)cnn1C. The lowest BCUT2D eigenvalue weighted by Gasteiger charge is -2.14. The third-order valence-electron chi connectivity index (χ3n) is 3.99. The average molecular weight is 312 g/mol. The first-order valence-corrected chi connectivity index (χ1v) is 7.55. The number of hydrogen-bond acceptors (Lipinski definition) is 3. The molecule has 0 fully saturated rings. The standard InChI is InChI=1S/C17H20N4O2/c1-11(15-10-19-21(3)12(15)2)20-17(22)18-9-14-8-13-6-4-5-7-16(13)23-14/h4-8,10-11H,9H2,1-3H3,(H2,18,20,22). The van der Waals surface area contributed by atoms with Gasteiger partial charge in [0.15, 0.2) is 0 Å². The monoisotopic (exact) mass is 312 g/mol. The second kappa shape index (κ2) is 6.16. The van der Waals surface area contributed by atoms with E-state index in [4.69, 9.17) is 4.42 Å². The first-order valence-electron chi connectivity index (χ1n) is 7.55. The largest absolute Gasteiger partial charge is 0.459 e. The number of urea groups is 1. The summed E-state index contributed by atoms with van der Waals surface area (Å²) < 4.78 is 7.47. The fourth-order valence-corrected chi connectivity index (χ4v) is 2.56. The summed E-state index contributed by atoms with van der Waals surface area (Å²) in [6, 6.07) is 9.36. The summed E-state index contributed by atoms with van der Waals surface area (Å²) >= 11 is 0. The molecule has 1 unspecified atom stereocenters. The van der Waals surface area contributed by atoms with Crippen LogP contribution in [0.4, 0.5) is 4.79 Å². The second-order valence-electron chi connectivity index (χ2n) is 5.61. The van der Waals surface area contributed by atoms with Gasteiger partial charge in [0, 0.05) is 23.7 Å². The lowest BCUT2D eigenvalue weighted by Crippen LogP contribution is -2.36. The number of amides is 2. The molecule has 0 radical (unpaired) electrons. The van der Waals surface area contributed by atoms with Crippen molar-refractivity contribution < 1.29 is 9.21 Å². The van der Waals surface area contributed by atoms with Gasteiger partial charge >= 0.3 is 6.03 Å². The molecular formula is C17H20N4O2. The normalized spacial score (nSPS) is 12.3. The number of aromatic nitrogens is 2. The van der Waals surface area contributed by atoms with Gasteiger partial charge in [-0.15, -0.1) is 0 Å². The number of carbonyl (C=O) groups excluding carboxylic acids is 1. The van der Waals surface area contributed by atoms with Crippen molar-refractivity contribution in [2.75, 3.05) is 0 Å². The van der Waals surface area contributed by atoms with Gasteiger partial charge in [-0.3, -0.25) is 4.68 Å². The van der Waals surface area contributed by atoms with Crippen LogP contribution in [0.5, 0.6) is 0 Å². The van der Waals surface area contributed by atoms with Crippen LogP contribution >= 0.6 is 0 Å². The number of aryl methyl sites for hydroxylation is 1. The molecule has 0 bridgehead atoms. The highest BCUT2D eigenvalue weighted by Crippen LogP contribution is 2.19. The third kappa shape index (κ3) is 3.21. The third-order valence-corrected chi connectivity index (χ3v) is 3.99. The Morgan fingerprint density at radius 3 is 2.87 bits per heavy atom. The molecule has 0 aliphatic heterocycles. The number of rotatable bonds is 4. The highest BCUT2D eigenvalue weighted by Gasteiger charge is 2.14. The van der Waals surface area contributed by atoms with Crippen molar-refractivity contribution in [3.8, 4) is 0 Å². The maximum atomic E-state index is 12.0. The van der Waals surface area contributed by atoms with Crippen molar-refractivity contribution in [2.45, 2.75) is 26.4 Å². The smallest absolute Gasteiger partial charge is 0.315 e. The van der Waals surface area contributed by atoms with E-state index in [-0.39, 0.29) is 12.1 Å². The molecule has 0 saturated carbocycles. The Kier molecular flexibility index (Phi) is 4.06. The van der Waals surface area contributed by atoms with Crippen LogP contribution < -0.4 is 10.6 Å². The van der Waals surface area contributed by atoms with Crippen LogP contribution in [0, 0.1) is 6.92 Å². The van der Waals surface area contributed by atoms with Gasteiger partial charge in [0.05, 0.1) is 18.8 Å². The minimum Gasteiger partial charge on any atom is -0.459 e. The summed E-state index contributed by atoms with van der Waals surface area (Å²) in [4.78, 5) is 12.0. The average Bonchev–Trinajstić information content (AvgIpc) is 3.09. The van der Waals surface area contributed by atoms with Gasteiger partial charge < -0.3 is 15.1 Å². The molecule has 6 heteroatoms.